The molecule has 36 heavy (non-hydrogen) atoms. The van der Waals surface area contributed by atoms with Gasteiger partial charge in [-0.1, -0.05) is 6.07 Å². The van der Waals surface area contributed by atoms with Gasteiger partial charge in [0, 0.05) is 6.07 Å². The Bertz CT molecular complexity index is 1480. The number of carbonyl (C=O) groups is 2. The van der Waals surface area contributed by atoms with Crippen LogP contribution < -0.4 is 14.4 Å². The molecule has 1 unspecified atom stereocenters. The van der Waals surface area contributed by atoms with Crippen molar-refractivity contribution in [2.75, 3.05) is 18.1 Å². The molecular weight excluding hydrogens is 462 g/mol. The summed E-state index contributed by atoms with van der Waals surface area (Å²) in [5.41, 5.74) is 2.50. The van der Waals surface area contributed by atoms with E-state index in [2.05, 4.69) is 9.97 Å². The second-order valence-corrected chi connectivity index (χ2v) is 8.29. The van der Waals surface area contributed by atoms with Crippen LogP contribution in [-0.2, 0) is 9.59 Å². The quantitative estimate of drug-likeness (QED) is 0.216. The number of aromatic amines is 1. The van der Waals surface area contributed by atoms with Crippen LogP contribution in [0.1, 0.15) is 36.8 Å². The second-order valence-electron chi connectivity index (χ2n) is 8.29. The third-order valence-corrected chi connectivity index (χ3v) is 5.93. The van der Waals surface area contributed by atoms with Crippen LogP contribution >= 0.6 is 0 Å². The molecule has 2 N–H and O–H groups in total. The number of anilines is 1. The van der Waals surface area contributed by atoms with Gasteiger partial charge >= 0.3 is 5.91 Å². The van der Waals surface area contributed by atoms with Crippen molar-refractivity contribution in [3.8, 4) is 11.5 Å². The number of benzene rings is 2. The highest BCUT2D eigenvalue weighted by Gasteiger charge is 2.49. The van der Waals surface area contributed by atoms with Crippen molar-refractivity contribution < 1.29 is 28.6 Å². The number of ether oxygens (including phenoxy) is 2. The predicted octanol–water partition coefficient (Wildman–Crippen LogP) is 4.89. The average Bonchev–Trinajstić information content (AvgIpc) is 3.58. The molecule has 1 atom stereocenters. The van der Waals surface area contributed by atoms with E-state index in [0.717, 1.165) is 11.1 Å². The number of nitrogens with one attached hydrogen (secondary N) is 1. The maximum Gasteiger partial charge on any atom is 0.302 e. The van der Waals surface area contributed by atoms with Gasteiger partial charge in [-0.05, 0) is 62.7 Å². The molecule has 0 radical (unpaired) electrons. The highest BCUT2D eigenvalue weighted by Crippen LogP contribution is 2.43. The molecule has 184 valence electrons. The van der Waals surface area contributed by atoms with E-state index in [9.17, 15) is 14.7 Å². The fourth-order valence-corrected chi connectivity index (χ4v) is 4.37. The summed E-state index contributed by atoms with van der Waals surface area (Å²) in [6.45, 7) is 6.39. The maximum atomic E-state index is 13.4. The molecule has 9 nitrogen and oxygen atoms in total. The Labute approximate surface area is 207 Å². The second kappa shape index (κ2) is 9.26. The number of fused-ring (bicyclic) bond motifs is 1. The summed E-state index contributed by atoms with van der Waals surface area (Å²) in [6, 6.07) is 12.8. The maximum absolute atomic E-state index is 13.4. The molecule has 1 saturated heterocycles. The van der Waals surface area contributed by atoms with Gasteiger partial charge in [0.1, 0.15) is 29.1 Å². The van der Waals surface area contributed by atoms with Crippen LogP contribution in [0.15, 0.2) is 64.8 Å². The number of carbonyl (C=O) groups excluding carboxylic acids is 2. The van der Waals surface area contributed by atoms with Crippen molar-refractivity contribution >= 4 is 34.4 Å². The van der Waals surface area contributed by atoms with E-state index in [1.165, 1.54) is 11.2 Å². The molecule has 3 heterocycles. The molecule has 0 spiro atoms. The third kappa shape index (κ3) is 3.88. The number of aliphatic hydroxyl groups is 1. The number of imidazole rings is 1. The van der Waals surface area contributed by atoms with E-state index in [0.29, 0.717) is 36.0 Å². The molecule has 0 bridgehead atoms. The molecule has 0 aliphatic carbocycles. The summed E-state index contributed by atoms with van der Waals surface area (Å²) in [7, 11) is 0. The molecule has 2 aromatic carbocycles. The van der Waals surface area contributed by atoms with E-state index in [1.807, 2.05) is 39.0 Å². The number of aryl methyl sites for hydroxylation is 1. The lowest BCUT2D eigenvalue weighted by molar-refractivity contribution is -0.132. The van der Waals surface area contributed by atoms with Crippen molar-refractivity contribution in [1.82, 2.24) is 9.97 Å². The first kappa shape index (κ1) is 23.2. The highest BCUT2D eigenvalue weighted by atomic mass is 16.5. The number of H-pyrrole nitrogens is 1. The van der Waals surface area contributed by atoms with Gasteiger partial charge in [0.2, 0.25) is 5.95 Å². The number of hydrogen-bond acceptors (Lipinski definition) is 7. The zero-order valence-electron chi connectivity index (χ0n) is 20.1. The first-order chi connectivity index (χ1) is 17.4. The lowest BCUT2D eigenvalue weighted by Crippen LogP contribution is -2.30. The van der Waals surface area contributed by atoms with Crippen LogP contribution in [0.2, 0.25) is 0 Å². The first-order valence-corrected chi connectivity index (χ1v) is 11.6. The summed E-state index contributed by atoms with van der Waals surface area (Å²) in [4.78, 5) is 35.6. The summed E-state index contributed by atoms with van der Waals surface area (Å²) in [5.74, 6) is -0.719. The Morgan fingerprint density at radius 3 is 2.64 bits per heavy atom. The molecule has 4 aromatic rings. The molecule has 5 rings (SSSR count). The predicted molar refractivity (Wildman–Crippen MR) is 133 cm³/mol. The molecule has 2 aromatic heterocycles. The summed E-state index contributed by atoms with van der Waals surface area (Å²) < 4.78 is 16.9. The van der Waals surface area contributed by atoms with Crippen molar-refractivity contribution in [3.05, 3.63) is 77.3 Å². The Hall–Kier alpha value is -4.53. The zero-order valence-corrected chi connectivity index (χ0v) is 20.1. The number of nitrogens with zero attached hydrogens (tertiary/aromatic N) is 2. The van der Waals surface area contributed by atoms with E-state index < -0.39 is 17.7 Å². The number of ketones is 1. The van der Waals surface area contributed by atoms with Crippen LogP contribution in [-0.4, -0.2) is 40.0 Å². The number of Topliss-reactive ketones (excluding diaryl/α,β-unsaturated/α-hetero) is 1. The Kier molecular flexibility index (Phi) is 5.97. The molecular formula is C27H25N3O6. The summed E-state index contributed by atoms with van der Waals surface area (Å²) >= 11 is 0. The number of aromatic nitrogens is 2. The van der Waals surface area contributed by atoms with Gasteiger partial charge in [0.15, 0.2) is 0 Å². The minimum Gasteiger partial charge on any atom is -0.507 e. The van der Waals surface area contributed by atoms with Gasteiger partial charge in [-0.25, -0.2) is 4.98 Å². The standard InChI is InChI=1S/C27H25N3O6/c1-4-34-16-9-10-17(21(14-16)35-5-2)24(31)22-23(20-7-6-12-36-20)30(26(33)25(22)32)27-28-18-11-8-15(3)13-19(18)29-27/h6-14,23,31H,4-5H2,1-3H3,(H,28,29)/b24-22+. The normalized spacial score (nSPS) is 17.2. The van der Waals surface area contributed by atoms with Crippen molar-refractivity contribution in [2.24, 2.45) is 0 Å². The molecule has 0 saturated carbocycles. The van der Waals surface area contributed by atoms with Crippen LogP contribution in [0.3, 0.4) is 0 Å². The Morgan fingerprint density at radius 1 is 1.11 bits per heavy atom. The molecule has 1 aliphatic rings. The van der Waals surface area contributed by atoms with Crippen molar-refractivity contribution in [3.63, 3.8) is 0 Å². The van der Waals surface area contributed by atoms with Gasteiger partial charge in [0.25, 0.3) is 5.78 Å². The summed E-state index contributed by atoms with van der Waals surface area (Å²) in [5, 5.41) is 11.4. The molecule has 1 fully saturated rings. The van der Waals surface area contributed by atoms with Gasteiger partial charge in [-0.2, -0.15) is 0 Å². The smallest absolute Gasteiger partial charge is 0.302 e. The molecule has 9 heteroatoms. The van der Waals surface area contributed by atoms with Crippen molar-refractivity contribution in [1.29, 1.82) is 0 Å². The van der Waals surface area contributed by atoms with Crippen LogP contribution in [0, 0.1) is 6.92 Å². The van der Waals surface area contributed by atoms with Crippen LogP contribution in [0.5, 0.6) is 11.5 Å². The van der Waals surface area contributed by atoms with Gasteiger partial charge in [-0.15, -0.1) is 0 Å². The lowest BCUT2D eigenvalue weighted by Gasteiger charge is -2.21. The minimum absolute atomic E-state index is 0.128. The van der Waals surface area contributed by atoms with E-state index in [-0.39, 0.29) is 22.8 Å². The van der Waals surface area contributed by atoms with E-state index in [1.54, 1.807) is 30.3 Å². The van der Waals surface area contributed by atoms with E-state index in [4.69, 9.17) is 13.9 Å². The topological polar surface area (TPSA) is 118 Å². The van der Waals surface area contributed by atoms with Gasteiger partial charge < -0.3 is 24.0 Å². The monoisotopic (exact) mass is 487 g/mol. The first-order valence-electron chi connectivity index (χ1n) is 11.6. The largest absolute Gasteiger partial charge is 0.507 e. The summed E-state index contributed by atoms with van der Waals surface area (Å²) in [6.07, 6.45) is 1.44. The van der Waals surface area contributed by atoms with Gasteiger partial charge in [0.05, 0.1) is 41.6 Å². The van der Waals surface area contributed by atoms with Crippen LogP contribution in [0.25, 0.3) is 16.8 Å². The van der Waals surface area contributed by atoms with E-state index >= 15 is 0 Å². The zero-order chi connectivity index (χ0) is 25.4. The highest BCUT2D eigenvalue weighted by molar-refractivity contribution is 6.51. The van der Waals surface area contributed by atoms with Gasteiger partial charge in [-0.3, -0.25) is 14.5 Å². The molecule has 1 aliphatic heterocycles. The Morgan fingerprint density at radius 2 is 1.92 bits per heavy atom. The lowest BCUT2D eigenvalue weighted by atomic mass is 9.98. The van der Waals surface area contributed by atoms with Crippen molar-refractivity contribution in [2.45, 2.75) is 26.8 Å². The number of furan rings is 1. The minimum atomic E-state index is -1.04. The third-order valence-electron chi connectivity index (χ3n) is 5.93. The number of amides is 1. The number of rotatable bonds is 7. The van der Waals surface area contributed by atoms with Crippen LogP contribution in [0.4, 0.5) is 5.95 Å². The number of hydrogen-bond donors (Lipinski definition) is 2. The number of aliphatic hydroxyl groups excluding tert-OH is 1. The average molecular weight is 488 g/mol. The fraction of sp³-hybridized carbons (Fsp3) is 0.222. The fourth-order valence-electron chi connectivity index (χ4n) is 4.37. The molecule has 1 amide bonds. The Balaban J connectivity index is 1.69. The SMILES string of the molecule is CCOc1ccc(/C(O)=C2\C(=O)C(=O)N(c3nc4ccc(C)cc4[nH]3)C2c2ccco2)c(OCC)c1.